The van der Waals surface area contributed by atoms with E-state index in [9.17, 15) is 9.59 Å². The lowest BCUT2D eigenvalue weighted by molar-refractivity contribution is 0.0950. The van der Waals surface area contributed by atoms with Crippen molar-refractivity contribution in [1.82, 2.24) is 25.1 Å². The molecule has 0 bridgehead atoms. The van der Waals surface area contributed by atoms with Crippen LogP contribution in [0.15, 0.2) is 52.9 Å². The molecule has 0 saturated heterocycles. The lowest BCUT2D eigenvalue weighted by Gasteiger charge is -2.09. The third kappa shape index (κ3) is 4.67. The molecule has 0 saturated carbocycles. The van der Waals surface area contributed by atoms with Crippen LogP contribution < -0.4 is 10.9 Å². The standard InChI is InChI=1S/C22H21N5O2S3/c1-4-10-27-21(29)17-13(2)14(3)31-19(17)24-22(27)30-12-16-25-26-20(32-16)18(28)23-11-15-8-6-5-7-9-15/h4-9H,1,10-12H2,2-3H3,(H,23,28). The highest BCUT2D eigenvalue weighted by Gasteiger charge is 2.18. The van der Waals surface area contributed by atoms with E-state index in [0.29, 0.717) is 39.4 Å². The molecule has 7 nitrogen and oxygen atoms in total. The van der Waals surface area contributed by atoms with E-state index in [1.165, 1.54) is 34.4 Å². The molecule has 0 atom stereocenters. The first kappa shape index (κ1) is 22.4. The molecular weight excluding hydrogens is 462 g/mol. The molecule has 0 aliphatic rings. The number of amides is 1. The average molecular weight is 484 g/mol. The summed E-state index contributed by atoms with van der Waals surface area (Å²) in [6, 6.07) is 9.69. The predicted octanol–water partition coefficient (Wildman–Crippen LogP) is 4.33. The van der Waals surface area contributed by atoms with Gasteiger partial charge in [0.1, 0.15) is 9.84 Å². The number of thioether (sulfide) groups is 1. The maximum absolute atomic E-state index is 13.1. The van der Waals surface area contributed by atoms with Gasteiger partial charge in [0, 0.05) is 18.0 Å². The maximum Gasteiger partial charge on any atom is 0.282 e. The van der Waals surface area contributed by atoms with Crippen LogP contribution in [0.3, 0.4) is 0 Å². The van der Waals surface area contributed by atoms with Crippen molar-refractivity contribution in [3.05, 3.63) is 79.4 Å². The van der Waals surface area contributed by atoms with Crippen LogP contribution in [0.1, 0.15) is 30.8 Å². The first-order valence-electron chi connectivity index (χ1n) is 9.86. The summed E-state index contributed by atoms with van der Waals surface area (Å²) in [6.07, 6.45) is 1.69. The Labute approximate surface area is 197 Å². The highest BCUT2D eigenvalue weighted by Crippen LogP contribution is 2.29. The van der Waals surface area contributed by atoms with E-state index in [1.807, 2.05) is 44.2 Å². The zero-order valence-electron chi connectivity index (χ0n) is 17.6. The average Bonchev–Trinajstić information content (AvgIpc) is 3.38. The zero-order chi connectivity index (χ0) is 22.7. The molecule has 1 aromatic carbocycles. The van der Waals surface area contributed by atoms with E-state index >= 15 is 0 Å². The molecule has 4 aromatic rings. The second-order valence-electron chi connectivity index (χ2n) is 7.02. The number of nitrogens with one attached hydrogen (secondary N) is 1. The Morgan fingerprint density at radius 1 is 1.22 bits per heavy atom. The summed E-state index contributed by atoms with van der Waals surface area (Å²) >= 11 is 4.17. The van der Waals surface area contributed by atoms with E-state index in [-0.39, 0.29) is 11.5 Å². The summed E-state index contributed by atoms with van der Waals surface area (Å²) < 4.78 is 1.63. The molecule has 0 aliphatic carbocycles. The summed E-state index contributed by atoms with van der Waals surface area (Å²) in [5.41, 5.74) is 1.94. The number of rotatable bonds is 8. The SMILES string of the molecule is C=CCn1c(SCc2nnc(C(=O)NCc3ccccc3)s2)nc2sc(C)c(C)c2c1=O. The Balaban J connectivity index is 1.48. The number of carbonyl (C=O) groups is 1. The number of carbonyl (C=O) groups excluding carboxylic acids is 1. The van der Waals surface area contributed by atoms with Crippen molar-refractivity contribution in [1.29, 1.82) is 0 Å². The van der Waals surface area contributed by atoms with E-state index in [4.69, 9.17) is 4.98 Å². The second-order valence-corrected chi connectivity index (χ2v) is 10.2. The van der Waals surface area contributed by atoms with Gasteiger partial charge in [0.25, 0.3) is 11.5 Å². The van der Waals surface area contributed by atoms with Gasteiger partial charge in [-0.05, 0) is 25.0 Å². The van der Waals surface area contributed by atoms with Crippen LogP contribution in [0.5, 0.6) is 0 Å². The molecule has 1 N–H and O–H groups in total. The molecule has 1 amide bonds. The minimum Gasteiger partial charge on any atom is -0.346 e. The summed E-state index contributed by atoms with van der Waals surface area (Å²) in [5, 5.41) is 13.3. The molecule has 0 aliphatic heterocycles. The lowest BCUT2D eigenvalue weighted by atomic mass is 10.2. The summed E-state index contributed by atoms with van der Waals surface area (Å²) in [5.74, 6) is 0.206. The van der Waals surface area contributed by atoms with Gasteiger partial charge in [0.2, 0.25) is 5.01 Å². The van der Waals surface area contributed by atoms with Gasteiger partial charge in [-0.3, -0.25) is 14.2 Å². The molecule has 0 spiro atoms. The van der Waals surface area contributed by atoms with E-state index < -0.39 is 0 Å². The van der Waals surface area contributed by atoms with Crippen molar-refractivity contribution < 1.29 is 4.79 Å². The number of fused-ring (bicyclic) bond motifs is 1. The van der Waals surface area contributed by atoms with E-state index in [0.717, 1.165) is 20.8 Å². The van der Waals surface area contributed by atoms with Crippen LogP contribution >= 0.6 is 34.4 Å². The van der Waals surface area contributed by atoms with Gasteiger partial charge in [-0.1, -0.05) is 59.5 Å². The first-order valence-corrected chi connectivity index (χ1v) is 12.5. The molecule has 32 heavy (non-hydrogen) atoms. The number of hydrogen-bond acceptors (Lipinski definition) is 8. The molecule has 164 valence electrons. The van der Waals surface area contributed by atoms with Gasteiger partial charge in [0.15, 0.2) is 5.16 Å². The van der Waals surface area contributed by atoms with Crippen LogP contribution in [-0.4, -0.2) is 25.7 Å². The smallest absolute Gasteiger partial charge is 0.282 e. The van der Waals surface area contributed by atoms with Gasteiger partial charge < -0.3 is 5.32 Å². The fraction of sp³-hybridized carbons (Fsp3) is 0.227. The molecule has 0 unspecified atom stereocenters. The lowest BCUT2D eigenvalue weighted by Crippen LogP contribution is -2.22. The molecule has 10 heteroatoms. The van der Waals surface area contributed by atoms with Crippen LogP contribution in [0.25, 0.3) is 10.2 Å². The Bertz CT molecular complexity index is 1340. The molecule has 0 radical (unpaired) electrons. The van der Waals surface area contributed by atoms with Crippen LogP contribution in [0.4, 0.5) is 0 Å². The van der Waals surface area contributed by atoms with Gasteiger partial charge in [-0.15, -0.1) is 28.1 Å². The quantitative estimate of drug-likeness (QED) is 0.228. The minimum atomic E-state index is -0.254. The van der Waals surface area contributed by atoms with Crippen molar-refractivity contribution in [3.63, 3.8) is 0 Å². The maximum atomic E-state index is 13.1. The Kier molecular flexibility index (Phi) is 6.83. The molecule has 0 fully saturated rings. The normalized spacial score (nSPS) is 11.1. The fourth-order valence-electron chi connectivity index (χ4n) is 3.09. The number of thiophene rings is 1. The topological polar surface area (TPSA) is 89.8 Å². The number of aryl methyl sites for hydroxylation is 2. The monoisotopic (exact) mass is 483 g/mol. The Morgan fingerprint density at radius 2 is 2.00 bits per heavy atom. The fourth-order valence-corrected chi connectivity index (χ4v) is 5.91. The van der Waals surface area contributed by atoms with Crippen molar-refractivity contribution in [3.8, 4) is 0 Å². The number of allylic oxidation sites excluding steroid dienone is 1. The highest BCUT2D eigenvalue weighted by atomic mass is 32.2. The summed E-state index contributed by atoms with van der Waals surface area (Å²) in [6.45, 7) is 8.53. The second kappa shape index (κ2) is 9.76. The molecule has 4 rings (SSSR count). The van der Waals surface area contributed by atoms with E-state index in [2.05, 4.69) is 22.1 Å². The highest BCUT2D eigenvalue weighted by molar-refractivity contribution is 7.98. The zero-order valence-corrected chi connectivity index (χ0v) is 20.1. The number of benzene rings is 1. The van der Waals surface area contributed by atoms with Gasteiger partial charge in [0.05, 0.1) is 11.1 Å². The minimum absolute atomic E-state index is 0.0579. The first-order chi connectivity index (χ1) is 15.5. The summed E-state index contributed by atoms with van der Waals surface area (Å²) in [4.78, 5) is 32.0. The van der Waals surface area contributed by atoms with Crippen molar-refractivity contribution in [2.45, 2.75) is 37.8 Å². The van der Waals surface area contributed by atoms with Crippen molar-refractivity contribution >= 4 is 50.6 Å². The van der Waals surface area contributed by atoms with Gasteiger partial charge in [-0.2, -0.15) is 0 Å². The Morgan fingerprint density at radius 3 is 2.75 bits per heavy atom. The molecule has 3 aromatic heterocycles. The van der Waals surface area contributed by atoms with Gasteiger partial charge >= 0.3 is 0 Å². The third-order valence-corrected chi connectivity index (χ3v) is 8.04. The number of nitrogens with zero attached hydrogens (tertiary/aromatic N) is 4. The van der Waals surface area contributed by atoms with Crippen LogP contribution in [0, 0.1) is 13.8 Å². The molecule has 3 heterocycles. The predicted molar refractivity (Wildman–Crippen MR) is 131 cm³/mol. The number of aromatic nitrogens is 4. The van der Waals surface area contributed by atoms with E-state index in [1.54, 1.807) is 10.6 Å². The summed E-state index contributed by atoms with van der Waals surface area (Å²) in [7, 11) is 0. The van der Waals surface area contributed by atoms with Gasteiger partial charge in [-0.25, -0.2) is 4.98 Å². The Hall–Kier alpha value is -2.82. The van der Waals surface area contributed by atoms with Crippen LogP contribution in [0.2, 0.25) is 0 Å². The molecular formula is C22H21N5O2S3. The third-order valence-electron chi connectivity index (χ3n) is 4.85. The van der Waals surface area contributed by atoms with Crippen LogP contribution in [-0.2, 0) is 18.8 Å². The van der Waals surface area contributed by atoms with Crippen molar-refractivity contribution in [2.75, 3.05) is 0 Å². The largest absolute Gasteiger partial charge is 0.346 e. The van der Waals surface area contributed by atoms with Crippen molar-refractivity contribution in [2.24, 2.45) is 0 Å². The number of hydrogen-bond donors (Lipinski definition) is 1.